The first-order valence-electron chi connectivity index (χ1n) is 9.02. The summed E-state index contributed by atoms with van der Waals surface area (Å²) in [5.74, 6) is -0.287. The summed E-state index contributed by atoms with van der Waals surface area (Å²) in [4.78, 5) is 27.2. The zero-order valence-corrected chi connectivity index (χ0v) is 15.6. The fourth-order valence-corrected chi connectivity index (χ4v) is 3.56. The topological polar surface area (TPSA) is 49.4 Å². The van der Waals surface area contributed by atoms with Gasteiger partial charge in [-0.3, -0.25) is 9.59 Å². The summed E-state index contributed by atoms with van der Waals surface area (Å²) in [7, 11) is 0. The highest BCUT2D eigenvalue weighted by atomic mass is 35.5. The molecule has 3 rings (SSSR count). The molecule has 2 amide bonds. The van der Waals surface area contributed by atoms with Crippen LogP contribution in [0.1, 0.15) is 35.7 Å². The van der Waals surface area contributed by atoms with Gasteiger partial charge < -0.3 is 10.2 Å². The molecule has 1 aliphatic rings. The molecule has 26 heavy (non-hydrogen) atoms. The number of anilines is 1. The molecule has 0 saturated carbocycles. The minimum Gasteiger partial charge on any atom is -0.338 e. The van der Waals surface area contributed by atoms with Gasteiger partial charge in [0.2, 0.25) is 5.91 Å². The van der Waals surface area contributed by atoms with Crippen molar-refractivity contribution < 1.29 is 9.59 Å². The van der Waals surface area contributed by atoms with Gasteiger partial charge in [0.1, 0.15) is 0 Å². The van der Waals surface area contributed by atoms with Crippen LogP contribution >= 0.6 is 11.6 Å². The normalized spacial score (nSPS) is 17.0. The maximum atomic E-state index is 12.7. The lowest BCUT2D eigenvalue weighted by molar-refractivity contribution is -0.121. The number of hydrogen-bond acceptors (Lipinski definition) is 2. The van der Waals surface area contributed by atoms with Crippen molar-refractivity contribution in [3.63, 3.8) is 0 Å². The maximum absolute atomic E-state index is 12.7. The van der Waals surface area contributed by atoms with Crippen molar-refractivity contribution in [3.05, 3.63) is 64.7 Å². The van der Waals surface area contributed by atoms with Gasteiger partial charge >= 0.3 is 0 Å². The van der Waals surface area contributed by atoms with E-state index in [4.69, 9.17) is 11.6 Å². The number of likely N-dealkylation sites (tertiary alicyclic amines) is 1. The van der Waals surface area contributed by atoms with Crippen LogP contribution in [0, 0.1) is 5.92 Å². The molecule has 1 fully saturated rings. The van der Waals surface area contributed by atoms with Crippen molar-refractivity contribution >= 4 is 29.1 Å². The summed E-state index contributed by atoms with van der Waals surface area (Å²) in [6, 6.07) is 14.8. The zero-order valence-electron chi connectivity index (χ0n) is 14.9. The number of hydrogen-bond donors (Lipinski definition) is 1. The van der Waals surface area contributed by atoms with Crippen LogP contribution in [0.15, 0.2) is 48.5 Å². The highest BCUT2D eigenvalue weighted by molar-refractivity contribution is 6.30. The van der Waals surface area contributed by atoms with E-state index in [1.807, 2.05) is 24.3 Å². The number of rotatable bonds is 4. The number of halogens is 1. The predicted molar refractivity (Wildman–Crippen MR) is 105 cm³/mol. The van der Waals surface area contributed by atoms with Crippen molar-refractivity contribution in [2.75, 3.05) is 18.4 Å². The number of benzene rings is 2. The number of aryl methyl sites for hydroxylation is 1. The van der Waals surface area contributed by atoms with Crippen LogP contribution in [-0.2, 0) is 11.2 Å². The molecule has 0 radical (unpaired) electrons. The quantitative estimate of drug-likeness (QED) is 0.867. The van der Waals surface area contributed by atoms with E-state index in [9.17, 15) is 9.59 Å². The Kier molecular flexibility index (Phi) is 5.94. The molecule has 4 nitrogen and oxygen atoms in total. The van der Waals surface area contributed by atoms with Crippen LogP contribution in [0.5, 0.6) is 0 Å². The Morgan fingerprint density at radius 2 is 2.00 bits per heavy atom. The monoisotopic (exact) mass is 370 g/mol. The van der Waals surface area contributed by atoms with Crippen LogP contribution in [-0.4, -0.2) is 29.8 Å². The number of nitrogens with one attached hydrogen (secondary N) is 1. The highest BCUT2D eigenvalue weighted by Crippen LogP contribution is 2.23. The van der Waals surface area contributed by atoms with E-state index in [0.29, 0.717) is 23.7 Å². The summed E-state index contributed by atoms with van der Waals surface area (Å²) in [6.07, 6.45) is 2.47. The molecule has 136 valence electrons. The lowest BCUT2D eigenvalue weighted by Gasteiger charge is -2.32. The Labute approximate surface area is 159 Å². The number of nitrogens with zero attached hydrogens (tertiary/aromatic N) is 1. The third-order valence-corrected chi connectivity index (χ3v) is 5.04. The van der Waals surface area contributed by atoms with Crippen molar-refractivity contribution in [2.24, 2.45) is 5.92 Å². The van der Waals surface area contributed by atoms with Crippen molar-refractivity contribution in [1.82, 2.24) is 4.90 Å². The number of carbonyl (C=O) groups excluding carboxylic acids is 2. The molecule has 1 aliphatic heterocycles. The Hall–Kier alpha value is -2.33. The Morgan fingerprint density at radius 1 is 1.19 bits per heavy atom. The van der Waals surface area contributed by atoms with E-state index < -0.39 is 0 Å². The van der Waals surface area contributed by atoms with Crippen LogP contribution < -0.4 is 5.32 Å². The van der Waals surface area contributed by atoms with Crippen LogP contribution in [0.2, 0.25) is 5.02 Å². The fourth-order valence-electron chi connectivity index (χ4n) is 3.37. The second-order valence-corrected chi connectivity index (χ2v) is 7.04. The van der Waals surface area contributed by atoms with Crippen LogP contribution in [0.3, 0.4) is 0 Å². The Morgan fingerprint density at radius 3 is 2.77 bits per heavy atom. The van der Waals surface area contributed by atoms with Crippen LogP contribution in [0.25, 0.3) is 0 Å². The predicted octanol–water partition coefficient (Wildman–Crippen LogP) is 4.39. The minimum atomic E-state index is -0.197. The van der Waals surface area contributed by atoms with Gasteiger partial charge in [-0.05, 0) is 49.1 Å². The lowest BCUT2D eigenvalue weighted by Crippen LogP contribution is -2.43. The largest absolute Gasteiger partial charge is 0.338 e. The van der Waals surface area contributed by atoms with E-state index in [1.54, 1.807) is 29.2 Å². The molecular formula is C21H23ClN2O2. The first-order valence-corrected chi connectivity index (χ1v) is 9.40. The maximum Gasteiger partial charge on any atom is 0.253 e. The molecule has 0 aromatic heterocycles. The number of carbonyl (C=O) groups is 2. The van der Waals surface area contributed by atoms with Gasteiger partial charge in [-0.25, -0.2) is 0 Å². The van der Waals surface area contributed by atoms with Crippen molar-refractivity contribution in [3.8, 4) is 0 Å². The molecule has 2 aromatic rings. The summed E-state index contributed by atoms with van der Waals surface area (Å²) in [5, 5.41) is 3.58. The van der Waals surface area contributed by atoms with Gasteiger partial charge in [-0.2, -0.15) is 0 Å². The molecular weight excluding hydrogens is 348 g/mol. The average Bonchev–Trinajstić information content (AvgIpc) is 2.68. The van der Waals surface area contributed by atoms with Crippen LogP contribution in [0.4, 0.5) is 5.69 Å². The molecule has 5 heteroatoms. The third kappa shape index (κ3) is 4.25. The molecule has 1 saturated heterocycles. The fraction of sp³-hybridized carbons (Fsp3) is 0.333. The van der Waals surface area contributed by atoms with Gasteiger partial charge in [0, 0.05) is 29.4 Å². The first kappa shape index (κ1) is 18.5. The van der Waals surface area contributed by atoms with E-state index in [2.05, 4.69) is 12.2 Å². The lowest BCUT2D eigenvalue weighted by atomic mass is 9.96. The van der Waals surface area contributed by atoms with Crippen molar-refractivity contribution in [2.45, 2.75) is 26.2 Å². The van der Waals surface area contributed by atoms with Gasteiger partial charge in [-0.1, -0.05) is 42.8 Å². The third-order valence-electron chi connectivity index (χ3n) is 4.81. The molecule has 1 N–H and O–H groups in total. The Bertz CT molecular complexity index is 806. The Balaban J connectivity index is 1.68. The molecule has 0 aliphatic carbocycles. The zero-order chi connectivity index (χ0) is 18.5. The summed E-state index contributed by atoms with van der Waals surface area (Å²) in [6.45, 7) is 3.17. The summed E-state index contributed by atoms with van der Waals surface area (Å²) >= 11 is 5.99. The van der Waals surface area contributed by atoms with Gasteiger partial charge in [-0.15, -0.1) is 0 Å². The molecule has 0 bridgehead atoms. The average molecular weight is 371 g/mol. The SMILES string of the molecule is CCc1ccccc1NC(=O)C1CCCN(C(=O)c2cccc(Cl)c2)C1. The van der Waals surface area contributed by atoms with Gasteiger partial charge in [0.25, 0.3) is 5.91 Å². The molecule has 1 unspecified atom stereocenters. The molecule has 2 aromatic carbocycles. The van der Waals surface area contributed by atoms with E-state index in [0.717, 1.165) is 30.5 Å². The number of amides is 2. The number of para-hydroxylation sites is 1. The second-order valence-electron chi connectivity index (χ2n) is 6.60. The summed E-state index contributed by atoms with van der Waals surface area (Å²) in [5.41, 5.74) is 2.54. The standard InChI is InChI=1S/C21H23ClN2O2/c1-2-15-7-3-4-11-19(15)23-20(25)17-9-6-12-24(14-17)21(26)16-8-5-10-18(22)13-16/h3-5,7-8,10-11,13,17H,2,6,9,12,14H2,1H3,(H,23,25). The minimum absolute atomic E-state index is 0.0190. The van der Waals surface area contributed by atoms with Crippen molar-refractivity contribution in [1.29, 1.82) is 0 Å². The smallest absolute Gasteiger partial charge is 0.253 e. The highest BCUT2D eigenvalue weighted by Gasteiger charge is 2.29. The molecule has 0 spiro atoms. The summed E-state index contributed by atoms with van der Waals surface area (Å²) < 4.78 is 0. The van der Waals surface area contributed by atoms with E-state index in [1.165, 1.54) is 0 Å². The second kappa shape index (κ2) is 8.37. The number of piperidine rings is 1. The van der Waals surface area contributed by atoms with E-state index in [-0.39, 0.29) is 17.7 Å². The van der Waals surface area contributed by atoms with Gasteiger partial charge in [0.05, 0.1) is 5.92 Å². The first-order chi connectivity index (χ1) is 12.6. The van der Waals surface area contributed by atoms with E-state index >= 15 is 0 Å². The van der Waals surface area contributed by atoms with Gasteiger partial charge in [0.15, 0.2) is 0 Å². The molecule has 1 atom stereocenters. The molecule has 1 heterocycles.